The lowest BCUT2D eigenvalue weighted by molar-refractivity contribution is 0.0942. The first-order valence-electron chi connectivity index (χ1n) is 7.37. The molecule has 1 saturated heterocycles. The van der Waals surface area contributed by atoms with Crippen LogP contribution in [0.5, 0.6) is 0 Å². The van der Waals surface area contributed by atoms with Gasteiger partial charge in [0.15, 0.2) is 0 Å². The number of amides is 1. The molecule has 1 aliphatic heterocycles. The molecule has 1 saturated carbocycles. The van der Waals surface area contributed by atoms with E-state index in [9.17, 15) is 13.2 Å². The molecule has 1 N–H and O–H groups in total. The smallest absolute Gasteiger partial charge is 0.252 e. The number of thiophene rings is 1. The Morgan fingerprint density at radius 3 is 2.57 bits per heavy atom. The zero-order valence-corrected chi connectivity index (χ0v) is 13.5. The summed E-state index contributed by atoms with van der Waals surface area (Å²) in [7, 11) is -3.03. The van der Waals surface area contributed by atoms with E-state index in [0.717, 1.165) is 25.7 Å². The summed E-state index contributed by atoms with van der Waals surface area (Å²) in [5.41, 5.74) is 0.703. The van der Waals surface area contributed by atoms with Gasteiger partial charge in [-0.25, -0.2) is 12.7 Å². The van der Waals surface area contributed by atoms with Gasteiger partial charge in [0, 0.05) is 30.6 Å². The summed E-state index contributed by atoms with van der Waals surface area (Å²) in [5.74, 6) is 0.336. The molecule has 0 aromatic carbocycles. The number of carbonyl (C=O) groups is 1. The first-order valence-corrected chi connectivity index (χ1v) is 9.81. The molecule has 1 aliphatic carbocycles. The van der Waals surface area contributed by atoms with Gasteiger partial charge in [-0.05, 0) is 43.0 Å². The fourth-order valence-corrected chi connectivity index (χ4v) is 5.19. The van der Waals surface area contributed by atoms with E-state index in [2.05, 4.69) is 5.32 Å². The van der Waals surface area contributed by atoms with Crippen LogP contribution in [0.1, 0.15) is 36.0 Å². The molecule has 2 aliphatic rings. The van der Waals surface area contributed by atoms with Gasteiger partial charge in [0.05, 0.1) is 5.25 Å². The predicted octanol–water partition coefficient (Wildman–Crippen LogP) is 1.68. The Bertz CT molecular complexity index is 586. The van der Waals surface area contributed by atoms with Crippen LogP contribution in [0, 0.1) is 5.92 Å². The van der Waals surface area contributed by atoms with Crippen molar-refractivity contribution in [2.24, 2.45) is 5.92 Å². The highest BCUT2D eigenvalue weighted by atomic mass is 32.2. The number of nitrogens with zero attached hydrogens (tertiary/aromatic N) is 1. The van der Waals surface area contributed by atoms with Gasteiger partial charge in [-0.2, -0.15) is 11.3 Å². The normalized spacial score (nSPS) is 21.3. The third-order valence-electron chi connectivity index (χ3n) is 4.21. The quantitative estimate of drug-likeness (QED) is 0.894. The Morgan fingerprint density at radius 1 is 1.29 bits per heavy atom. The van der Waals surface area contributed by atoms with Crippen LogP contribution in [0.3, 0.4) is 0 Å². The molecule has 3 rings (SSSR count). The van der Waals surface area contributed by atoms with E-state index in [0.29, 0.717) is 31.1 Å². The third-order valence-corrected chi connectivity index (χ3v) is 7.30. The van der Waals surface area contributed by atoms with Crippen LogP contribution in [0.2, 0.25) is 0 Å². The molecule has 0 radical (unpaired) electrons. The van der Waals surface area contributed by atoms with Gasteiger partial charge in [-0.15, -0.1) is 0 Å². The van der Waals surface area contributed by atoms with Crippen molar-refractivity contribution in [1.29, 1.82) is 0 Å². The highest BCUT2D eigenvalue weighted by molar-refractivity contribution is 7.90. The Kier molecular flexibility index (Phi) is 4.33. The number of rotatable bonds is 5. The topological polar surface area (TPSA) is 66.5 Å². The highest BCUT2D eigenvalue weighted by Gasteiger charge is 2.41. The lowest BCUT2D eigenvalue weighted by Gasteiger charge is -2.31. The minimum atomic E-state index is -3.03. The minimum Gasteiger partial charge on any atom is -0.352 e. The van der Waals surface area contributed by atoms with Gasteiger partial charge >= 0.3 is 0 Å². The van der Waals surface area contributed by atoms with E-state index in [1.807, 2.05) is 16.8 Å². The van der Waals surface area contributed by atoms with Gasteiger partial charge in [0.25, 0.3) is 5.91 Å². The van der Waals surface area contributed by atoms with E-state index < -0.39 is 10.0 Å². The lowest BCUT2D eigenvalue weighted by atomic mass is 9.98. The Balaban J connectivity index is 1.45. The van der Waals surface area contributed by atoms with E-state index >= 15 is 0 Å². The van der Waals surface area contributed by atoms with E-state index in [-0.39, 0.29) is 11.2 Å². The fraction of sp³-hybridized carbons (Fsp3) is 0.643. The molecule has 5 nitrogen and oxygen atoms in total. The number of carbonyl (C=O) groups excluding carboxylic acids is 1. The van der Waals surface area contributed by atoms with Gasteiger partial charge in [0.2, 0.25) is 10.0 Å². The number of sulfonamides is 1. The van der Waals surface area contributed by atoms with Crippen LogP contribution in [0.25, 0.3) is 0 Å². The fourth-order valence-electron chi connectivity index (χ4n) is 2.68. The molecule has 0 spiro atoms. The highest BCUT2D eigenvalue weighted by Crippen LogP contribution is 2.33. The van der Waals surface area contributed by atoms with Crippen LogP contribution in [0.15, 0.2) is 16.8 Å². The number of nitrogens with one attached hydrogen (secondary N) is 1. The first-order chi connectivity index (χ1) is 10.1. The molecular weight excluding hydrogens is 308 g/mol. The summed E-state index contributed by atoms with van der Waals surface area (Å²) < 4.78 is 25.9. The Labute approximate surface area is 129 Å². The Morgan fingerprint density at radius 2 is 2.00 bits per heavy atom. The van der Waals surface area contributed by atoms with Gasteiger partial charge in [-0.3, -0.25) is 4.79 Å². The van der Waals surface area contributed by atoms with Crippen molar-refractivity contribution in [3.8, 4) is 0 Å². The summed E-state index contributed by atoms with van der Waals surface area (Å²) in [6.07, 6.45) is 3.30. The zero-order chi connectivity index (χ0) is 14.9. The first kappa shape index (κ1) is 15.0. The average molecular weight is 328 g/mol. The van der Waals surface area contributed by atoms with E-state index in [1.54, 1.807) is 4.31 Å². The van der Waals surface area contributed by atoms with Crippen molar-refractivity contribution in [2.45, 2.75) is 30.9 Å². The average Bonchev–Trinajstić information content (AvgIpc) is 3.22. The van der Waals surface area contributed by atoms with E-state index in [1.165, 1.54) is 11.3 Å². The summed E-state index contributed by atoms with van der Waals surface area (Å²) in [6, 6.07) is 1.81. The molecule has 1 aromatic rings. The van der Waals surface area contributed by atoms with Gasteiger partial charge < -0.3 is 5.32 Å². The molecule has 1 amide bonds. The van der Waals surface area contributed by atoms with Crippen LogP contribution in [-0.4, -0.2) is 43.5 Å². The maximum atomic E-state index is 12.1. The largest absolute Gasteiger partial charge is 0.352 e. The minimum absolute atomic E-state index is 0.0377. The molecule has 116 valence electrons. The SMILES string of the molecule is O=C(NCC1CCN(S(=O)(=O)C2CC2)CC1)c1ccsc1. The Hall–Kier alpha value is -0.920. The van der Waals surface area contributed by atoms with Crippen molar-refractivity contribution in [2.75, 3.05) is 19.6 Å². The zero-order valence-electron chi connectivity index (χ0n) is 11.8. The summed E-state index contributed by atoms with van der Waals surface area (Å²) in [4.78, 5) is 11.9. The van der Waals surface area contributed by atoms with Crippen molar-refractivity contribution in [3.63, 3.8) is 0 Å². The predicted molar refractivity (Wildman–Crippen MR) is 82.9 cm³/mol. The lowest BCUT2D eigenvalue weighted by Crippen LogP contribution is -2.42. The van der Waals surface area contributed by atoms with Crippen LogP contribution >= 0.6 is 11.3 Å². The van der Waals surface area contributed by atoms with Gasteiger partial charge in [-0.1, -0.05) is 0 Å². The molecule has 0 unspecified atom stereocenters. The number of hydrogen-bond donors (Lipinski definition) is 1. The molecule has 2 fully saturated rings. The van der Waals surface area contributed by atoms with Crippen LogP contribution in [0.4, 0.5) is 0 Å². The second-order valence-corrected chi connectivity index (χ2v) is 8.80. The molecule has 1 aromatic heterocycles. The molecule has 21 heavy (non-hydrogen) atoms. The maximum Gasteiger partial charge on any atom is 0.252 e. The van der Waals surface area contributed by atoms with Crippen molar-refractivity contribution < 1.29 is 13.2 Å². The van der Waals surface area contributed by atoms with Crippen molar-refractivity contribution in [1.82, 2.24) is 9.62 Å². The second-order valence-electron chi connectivity index (χ2n) is 5.81. The molecule has 0 bridgehead atoms. The summed E-state index contributed by atoms with van der Waals surface area (Å²) >= 11 is 1.51. The second kappa shape index (κ2) is 6.06. The van der Waals surface area contributed by atoms with Crippen LogP contribution in [-0.2, 0) is 10.0 Å². The van der Waals surface area contributed by atoms with E-state index in [4.69, 9.17) is 0 Å². The standard InChI is InChI=1S/C14H20N2O3S2/c17-14(12-5-8-20-10-12)15-9-11-3-6-16(7-4-11)21(18,19)13-1-2-13/h5,8,10-11,13H,1-4,6-7,9H2,(H,15,17). The molecule has 7 heteroatoms. The summed E-state index contributed by atoms with van der Waals surface area (Å²) in [6.45, 7) is 1.82. The molecule has 2 heterocycles. The van der Waals surface area contributed by atoms with Crippen LogP contribution < -0.4 is 5.32 Å². The summed E-state index contributed by atoms with van der Waals surface area (Å²) in [5, 5.41) is 6.54. The van der Waals surface area contributed by atoms with Crippen molar-refractivity contribution in [3.05, 3.63) is 22.4 Å². The number of piperidine rings is 1. The van der Waals surface area contributed by atoms with Gasteiger partial charge in [0.1, 0.15) is 0 Å². The number of hydrogen-bond acceptors (Lipinski definition) is 4. The monoisotopic (exact) mass is 328 g/mol. The third kappa shape index (κ3) is 3.46. The van der Waals surface area contributed by atoms with Crippen molar-refractivity contribution >= 4 is 27.3 Å². The molecule has 0 atom stereocenters. The maximum absolute atomic E-state index is 12.1. The molecular formula is C14H20N2O3S2.